The van der Waals surface area contributed by atoms with Gasteiger partial charge in [0.15, 0.2) is 5.75 Å². The molecule has 0 spiro atoms. The predicted octanol–water partition coefficient (Wildman–Crippen LogP) is 6.00. The lowest BCUT2D eigenvalue weighted by atomic mass is 10.1. The van der Waals surface area contributed by atoms with E-state index in [1.54, 1.807) is 36.4 Å². The van der Waals surface area contributed by atoms with Crippen LogP contribution in [0.2, 0.25) is 0 Å². The van der Waals surface area contributed by atoms with Crippen molar-refractivity contribution in [3.8, 4) is 17.0 Å². The molecule has 2 heterocycles. The largest absolute Gasteiger partial charge is 0.378 e. The number of nitrogens with one attached hydrogen (secondary N) is 1. The minimum atomic E-state index is -4.02. The van der Waals surface area contributed by atoms with Crippen LogP contribution in [0, 0.1) is 13.8 Å². The van der Waals surface area contributed by atoms with Crippen molar-refractivity contribution in [2.45, 2.75) is 25.3 Å². The van der Waals surface area contributed by atoms with E-state index >= 15 is 0 Å². The van der Waals surface area contributed by atoms with E-state index in [4.69, 9.17) is 9.17 Å². The van der Waals surface area contributed by atoms with Crippen LogP contribution in [0.25, 0.3) is 16.9 Å². The van der Waals surface area contributed by atoms with Gasteiger partial charge in [0, 0.05) is 18.3 Å². The maximum absolute atomic E-state index is 13.1. The molecule has 0 saturated heterocycles. The van der Waals surface area contributed by atoms with Gasteiger partial charge in [-0.3, -0.25) is 4.40 Å². The fraction of sp³-hybridized carbons (Fsp3) is 0.107. The van der Waals surface area contributed by atoms with Crippen LogP contribution in [-0.4, -0.2) is 17.8 Å². The van der Waals surface area contributed by atoms with E-state index in [0.717, 1.165) is 28.2 Å². The number of rotatable bonds is 7. The molecule has 0 amide bonds. The van der Waals surface area contributed by atoms with Gasteiger partial charge in [0.1, 0.15) is 22.1 Å². The molecule has 3 aromatic carbocycles. The van der Waals surface area contributed by atoms with Crippen molar-refractivity contribution in [3.63, 3.8) is 0 Å². The number of anilines is 1. The highest BCUT2D eigenvalue weighted by molar-refractivity contribution is 7.87. The van der Waals surface area contributed by atoms with E-state index in [-0.39, 0.29) is 10.6 Å². The summed E-state index contributed by atoms with van der Waals surface area (Å²) < 4.78 is 33.7. The number of aromatic nitrogens is 2. The summed E-state index contributed by atoms with van der Waals surface area (Å²) in [5, 5.41) is 3.50. The zero-order valence-electron chi connectivity index (χ0n) is 19.5. The highest BCUT2D eigenvalue weighted by Crippen LogP contribution is 2.37. The van der Waals surface area contributed by atoms with Crippen molar-refractivity contribution < 1.29 is 12.6 Å². The Morgan fingerprint density at radius 2 is 1.57 bits per heavy atom. The van der Waals surface area contributed by atoms with E-state index in [1.807, 2.05) is 79.0 Å². The second kappa shape index (κ2) is 9.27. The first-order valence-corrected chi connectivity index (χ1v) is 12.7. The van der Waals surface area contributed by atoms with Crippen molar-refractivity contribution in [2.75, 3.05) is 5.32 Å². The molecule has 0 radical (unpaired) electrons. The van der Waals surface area contributed by atoms with Crippen LogP contribution < -0.4 is 9.50 Å². The molecule has 1 N–H and O–H groups in total. The van der Waals surface area contributed by atoms with Crippen molar-refractivity contribution in [1.29, 1.82) is 0 Å². The summed E-state index contributed by atoms with van der Waals surface area (Å²) >= 11 is 0. The highest BCUT2D eigenvalue weighted by atomic mass is 32.2. The van der Waals surface area contributed by atoms with Crippen molar-refractivity contribution >= 4 is 21.6 Å². The molecule has 0 aliphatic heterocycles. The molecule has 0 saturated carbocycles. The summed E-state index contributed by atoms with van der Waals surface area (Å²) in [6.45, 7) is 4.49. The third kappa shape index (κ3) is 4.63. The summed E-state index contributed by atoms with van der Waals surface area (Å²) in [5.74, 6) is 0.980. The van der Waals surface area contributed by atoms with Crippen molar-refractivity contribution in [2.24, 2.45) is 0 Å². The van der Waals surface area contributed by atoms with E-state index < -0.39 is 10.1 Å². The van der Waals surface area contributed by atoms with Gasteiger partial charge in [-0.2, -0.15) is 8.42 Å². The molecule has 5 rings (SSSR count). The second-order valence-corrected chi connectivity index (χ2v) is 9.93. The Morgan fingerprint density at radius 1 is 0.857 bits per heavy atom. The Bertz CT molecular complexity index is 1590. The van der Waals surface area contributed by atoms with Crippen LogP contribution in [-0.2, 0) is 16.7 Å². The molecule has 5 aromatic rings. The maximum Gasteiger partial charge on any atom is 0.339 e. The Balaban J connectivity index is 1.59. The molecule has 35 heavy (non-hydrogen) atoms. The van der Waals surface area contributed by atoms with Gasteiger partial charge in [0.2, 0.25) is 0 Å². The Hall–Kier alpha value is -4.10. The zero-order chi connectivity index (χ0) is 24.4. The molecular formula is C28H25N3O3S. The van der Waals surface area contributed by atoms with Gasteiger partial charge < -0.3 is 9.50 Å². The monoisotopic (exact) mass is 483 g/mol. The van der Waals surface area contributed by atoms with Crippen LogP contribution in [0.4, 0.5) is 5.82 Å². The lowest BCUT2D eigenvalue weighted by molar-refractivity contribution is 0.487. The molecule has 7 heteroatoms. The van der Waals surface area contributed by atoms with Gasteiger partial charge in [-0.05, 0) is 55.3 Å². The molecule has 0 bridgehead atoms. The van der Waals surface area contributed by atoms with E-state index in [2.05, 4.69) is 5.32 Å². The van der Waals surface area contributed by atoms with Gasteiger partial charge in [-0.15, -0.1) is 0 Å². The molecule has 0 aliphatic rings. The number of nitrogens with zero attached hydrogens (tertiary/aromatic N) is 2. The smallest absolute Gasteiger partial charge is 0.339 e. The average Bonchev–Trinajstić information content (AvgIpc) is 3.23. The number of para-hydroxylation sites is 1. The van der Waals surface area contributed by atoms with Crippen LogP contribution >= 0.6 is 0 Å². The van der Waals surface area contributed by atoms with Gasteiger partial charge in [-0.25, -0.2) is 4.98 Å². The molecule has 6 nitrogen and oxygen atoms in total. The summed E-state index contributed by atoms with van der Waals surface area (Å²) in [6.07, 6.45) is 1.94. The van der Waals surface area contributed by atoms with Crippen LogP contribution in [0.1, 0.15) is 16.7 Å². The summed E-state index contributed by atoms with van der Waals surface area (Å²) in [4.78, 5) is 5.00. The van der Waals surface area contributed by atoms with E-state index in [9.17, 15) is 8.42 Å². The first-order valence-electron chi connectivity index (χ1n) is 11.3. The number of imidazole rings is 1. The van der Waals surface area contributed by atoms with Crippen LogP contribution in [0.3, 0.4) is 0 Å². The molecule has 176 valence electrons. The molecule has 0 unspecified atom stereocenters. The number of benzene rings is 3. The number of fused-ring (bicyclic) bond motifs is 1. The van der Waals surface area contributed by atoms with Crippen LogP contribution in [0.5, 0.6) is 5.75 Å². The second-order valence-electron chi connectivity index (χ2n) is 8.38. The molecular weight excluding hydrogens is 458 g/mol. The predicted molar refractivity (Wildman–Crippen MR) is 138 cm³/mol. The van der Waals surface area contributed by atoms with Gasteiger partial charge in [0.05, 0.1) is 0 Å². The fourth-order valence-corrected chi connectivity index (χ4v) is 4.90. The molecule has 0 fully saturated rings. The third-order valence-corrected chi connectivity index (χ3v) is 7.05. The first kappa shape index (κ1) is 22.7. The first-order chi connectivity index (χ1) is 16.9. The summed E-state index contributed by atoms with van der Waals surface area (Å²) in [7, 11) is -4.02. The average molecular weight is 484 g/mol. The minimum Gasteiger partial charge on any atom is -0.378 e. The zero-order valence-corrected chi connectivity index (χ0v) is 20.3. The maximum atomic E-state index is 13.1. The quantitative estimate of drug-likeness (QED) is 0.288. The molecule has 0 atom stereocenters. The number of pyridine rings is 1. The highest BCUT2D eigenvalue weighted by Gasteiger charge is 2.23. The topological polar surface area (TPSA) is 72.7 Å². The normalized spacial score (nSPS) is 11.5. The third-order valence-electron chi connectivity index (χ3n) is 5.80. The summed E-state index contributed by atoms with van der Waals surface area (Å²) in [6, 6.07) is 27.7. The Morgan fingerprint density at radius 3 is 2.34 bits per heavy atom. The lowest BCUT2D eigenvalue weighted by Crippen LogP contribution is -2.10. The number of aryl methyl sites for hydroxylation is 2. The molecule has 2 aromatic heterocycles. The van der Waals surface area contributed by atoms with Gasteiger partial charge in [0.25, 0.3) is 0 Å². The van der Waals surface area contributed by atoms with Gasteiger partial charge in [-0.1, -0.05) is 66.2 Å². The lowest BCUT2D eigenvalue weighted by Gasteiger charge is -2.13. The van der Waals surface area contributed by atoms with E-state index in [0.29, 0.717) is 17.8 Å². The SMILES string of the molecule is Cc1ccc(S(=O)(=O)Oc2ccccc2-c2nc3c(C)cccn3c2NCc2ccccc2)cc1. The number of hydrogen-bond donors (Lipinski definition) is 1. The standard InChI is InChI=1S/C28H25N3O3S/c1-20-14-16-23(17-15-20)35(32,33)34-25-13-7-6-12-24(25)26-28(29-19-22-10-4-3-5-11-22)31-18-8-9-21(2)27(31)30-26/h3-18,29H,19H2,1-2H3. The van der Waals surface area contributed by atoms with Crippen molar-refractivity contribution in [3.05, 3.63) is 114 Å². The molecule has 0 aliphatic carbocycles. The fourth-order valence-electron chi connectivity index (χ4n) is 3.95. The van der Waals surface area contributed by atoms with E-state index in [1.165, 1.54) is 0 Å². The Labute approximate surface area is 205 Å². The summed E-state index contributed by atoms with van der Waals surface area (Å²) in [5.41, 5.74) is 5.08. The van der Waals surface area contributed by atoms with Gasteiger partial charge >= 0.3 is 10.1 Å². The minimum absolute atomic E-state index is 0.103. The Kier molecular flexibility index (Phi) is 6.01. The van der Waals surface area contributed by atoms with Crippen LogP contribution in [0.15, 0.2) is 102 Å². The number of hydrogen-bond acceptors (Lipinski definition) is 5. The van der Waals surface area contributed by atoms with Crippen molar-refractivity contribution in [1.82, 2.24) is 9.38 Å².